The maximum Gasteiger partial charge on any atom is 0.191 e. The monoisotopic (exact) mass is 231 g/mol. The fourth-order valence-electron chi connectivity index (χ4n) is 1.03. The van der Waals surface area contributed by atoms with Crippen LogP contribution in [0.4, 0.5) is 0 Å². The van der Waals surface area contributed by atoms with Crippen molar-refractivity contribution in [1.82, 2.24) is 4.90 Å². The Kier molecular flexibility index (Phi) is 4.22. The van der Waals surface area contributed by atoms with E-state index in [-0.39, 0.29) is 0 Å². The summed E-state index contributed by atoms with van der Waals surface area (Å²) in [4.78, 5) is 7.21. The minimum absolute atomic E-state index is 0.567. The van der Waals surface area contributed by atoms with Gasteiger partial charge in [0.2, 0.25) is 0 Å². The highest BCUT2D eigenvalue weighted by molar-refractivity contribution is 7.16. The van der Waals surface area contributed by atoms with Gasteiger partial charge in [-0.2, -0.15) is 0 Å². The molecule has 0 unspecified atom stereocenters. The van der Waals surface area contributed by atoms with Crippen molar-refractivity contribution in [2.45, 2.75) is 13.5 Å². The van der Waals surface area contributed by atoms with E-state index in [2.05, 4.69) is 4.99 Å². The average molecular weight is 232 g/mol. The molecule has 1 rings (SSSR count). The highest BCUT2D eigenvalue weighted by atomic mass is 35.5. The van der Waals surface area contributed by atoms with Crippen LogP contribution in [0.3, 0.4) is 0 Å². The molecule has 0 amide bonds. The van der Waals surface area contributed by atoms with Crippen molar-refractivity contribution in [1.29, 1.82) is 0 Å². The van der Waals surface area contributed by atoms with Crippen molar-refractivity contribution >= 4 is 28.9 Å². The summed E-state index contributed by atoms with van der Waals surface area (Å²) in [6.07, 6.45) is 0. The van der Waals surface area contributed by atoms with Crippen LogP contribution in [0.2, 0.25) is 4.34 Å². The number of nitrogens with two attached hydrogens (primary N) is 1. The number of hydrogen-bond acceptors (Lipinski definition) is 2. The molecule has 0 saturated heterocycles. The number of rotatable bonds is 3. The van der Waals surface area contributed by atoms with Crippen LogP contribution in [0.1, 0.15) is 11.8 Å². The molecule has 0 aliphatic heterocycles. The fraction of sp³-hybridized carbons (Fsp3) is 0.444. The summed E-state index contributed by atoms with van der Waals surface area (Å²) in [7, 11) is 1.92. The Morgan fingerprint density at radius 3 is 2.86 bits per heavy atom. The molecule has 0 fully saturated rings. The highest BCUT2D eigenvalue weighted by Crippen LogP contribution is 2.22. The van der Waals surface area contributed by atoms with Crippen molar-refractivity contribution in [3.8, 4) is 0 Å². The van der Waals surface area contributed by atoms with Crippen LogP contribution in [-0.2, 0) is 6.54 Å². The second-order valence-corrected chi connectivity index (χ2v) is 4.69. The molecule has 1 heterocycles. The summed E-state index contributed by atoms with van der Waals surface area (Å²) in [6, 6.07) is 3.89. The molecule has 0 aliphatic carbocycles. The molecule has 5 heteroatoms. The summed E-state index contributed by atoms with van der Waals surface area (Å²) in [5, 5.41) is 0. The number of guanidine groups is 1. The third kappa shape index (κ3) is 3.20. The van der Waals surface area contributed by atoms with Gasteiger partial charge in [0.05, 0.1) is 10.9 Å². The van der Waals surface area contributed by atoms with E-state index >= 15 is 0 Å². The van der Waals surface area contributed by atoms with Gasteiger partial charge >= 0.3 is 0 Å². The van der Waals surface area contributed by atoms with E-state index in [1.807, 2.05) is 31.0 Å². The van der Waals surface area contributed by atoms with Gasteiger partial charge in [0.1, 0.15) is 0 Å². The maximum absolute atomic E-state index is 5.82. The van der Waals surface area contributed by atoms with Crippen molar-refractivity contribution in [2.75, 3.05) is 13.6 Å². The Labute approximate surface area is 93.2 Å². The van der Waals surface area contributed by atoms with Gasteiger partial charge in [-0.1, -0.05) is 11.6 Å². The van der Waals surface area contributed by atoms with E-state index in [0.29, 0.717) is 12.5 Å². The second-order valence-electron chi connectivity index (χ2n) is 2.89. The van der Waals surface area contributed by atoms with Crippen LogP contribution in [0.15, 0.2) is 17.1 Å². The molecule has 1 aromatic heterocycles. The molecule has 1 aromatic rings. The van der Waals surface area contributed by atoms with Gasteiger partial charge in [0.25, 0.3) is 0 Å². The smallest absolute Gasteiger partial charge is 0.191 e. The molecular formula is C9H14ClN3S. The van der Waals surface area contributed by atoms with Gasteiger partial charge in [0, 0.05) is 18.5 Å². The van der Waals surface area contributed by atoms with E-state index in [0.717, 1.165) is 10.9 Å². The minimum atomic E-state index is 0.567. The van der Waals surface area contributed by atoms with Gasteiger partial charge < -0.3 is 10.6 Å². The Bertz CT molecular complexity index is 322. The van der Waals surface area contributed by atoms with Crippen LogP contribution >= 0.6 is 22.9 Å². The predicted octanol–water partition coefficient (Wildman–Crippen LogP) is 2.17. The minimum Gasteiger partial charge on any atom is -0.370 e. The lowest BCUT2D eigenvalue weighted by atomic mass is 10.4. The number of thiophene rings is 1. The Morgan fingerprint density at radius 1 is 1.64 bits per heavy atom. The molecular weight excluding hydrogens is 218 g/mol. The van der Waals surface area contributed by atoms with Crippen molar-refractivity contribution in [3.05, 3.63) is 21.3 Å². The largest absolute Gasteiger partial charge is 0.370 e. The van der Waals surface area contributed by atoms with Gasteiger partial charge in [-0.25, -0.2) is 0 Å². The standard InChI is InChI=1S/C9H14ClN3S/c1-3-12-9(11)13(2)6-7-4-5-8(10)14-7/h4-5H,3,6H2,1-2H3,(H2,11,12). The summed E-state index contributed by atoms with van der Waals surface area (Å²) in [5.74, 6) is 0.567. The van der Waals surface area contributed by atoms with Gasteiger partial charge in [-0.3, -0.25) is 4.99 Å². The molecule has 14 heavy (non-hydrogen) atoms. The molecule has 0 aliphatic rings. The van der Waals surface area contributed by atoms with Crippen LogP contribution in [-0.4, -0.2) is 24.5 Å². The zero-order valence-electron chi connectivity index (χ0n) is 8.33. The molecule has 0 spiro atoms. The molecule has 3 nitrogen and oxygen atoms in total. The molecule has 0 bridgehead atoms. The Morgan fingerprint density at radius 2 is 2.36 bits per heavy atom. The van der Waals surface area contributed by atoms with Crippen molar-refractivity contribution in [2.24, 2.45) is 10.7 Å². The lowest BCUT2D eigenvalue weighted by Crippen LogP contribution is -2.33. The fourth-order valence-corrected chi connectivity index (χ4v) is 2.18. The van der Waals surface area contributed by atoms with Gasteiger partial charge in [-0.05, 0) is 19.1 Å². The topological polar surface area (TPSA) is 41.6 Å². The third-order valence-corrected chi connectivity index (χ3v) is 2.95. The number of halogens is 1. The van der Waals surface area contributed by atoms with Crippen LogP contribution in [0, 0.1) is 0 Å². The summed E-state index contributed by atoms with van der Waals surface area (Å²) < 4.78 is 0.805. The first-order chi connectivity index (χ1) is 6.63. The van der Waals surface area contributed by atoms with Crippen molar-refractivity contribution in [3.63, 3.8) is 0 Å². The van der Waals surface area contributed by atoms with Crippen LogP contribution < -0.4 is 5.73 Å². The van der Waals surface area contributed by atoms with E-state index in [9.17, 15) is 0 Å². The maximum atomic E-state index is 5.82. The first-order valence-electron chi connectivity index (χ1n) is 4.38. The molecule has 0 saturated carbocycles. The lowest BCUT2D eigenvalue weighted by molar-refractivity contribution is 0.497. The van der Waals surface area contributed by atoms with Crippen molar-refractivity contribution < 1.29 is 0 Å². The normalized spacial score (nSPS) is 11.8. The van der Waals surface area contributed by atoms with Crippen LogP contribution in [0.25, 0.3) is 0 Å². The summed E-state index contributed by atoms with van der Waals surface area (Å²) >= 11 is 7.39. The van der Waals surface area contributed by atoms with Gasteiger partial charge in [-0.15, -0.1) is 11.3 Å². The average Bonchev–Trinajstić information content (AvgIpc) is 2.51. The Balaban J connectivity index is 2.56. The molecule has 0 aromatic carbocycles. The SMILES string of the molecule is CCN=C(N)N(C)Cc1ccc(Cl)s1. The molecule has 0 atom stereocenters. The highest BCUT2D eigenvalue weighted by Gasteiger charge is 2.04. The lowest BCUT2D eigenvalue weighted by Gasteiger charge is -2.16. The molecule has 78 valence electrons. The van der Waals surface area contributed by atoms with E-state index in [1.54, 1.807) is 11.3 Å². The van der Waals surface area contributed by atoms with E-state index in [1.165, 1.54) is 4.88 Å². The second kappa shape index (κ2) is 5.22. The predicted molar refractivity (Wildman–Crippen MR) is 63.0 cm³/mol. The number of aliphatic imine (C=N–C) groups is 1. The number of nitrogens with zero attached hydrogens (tertiary/aromatic N) is 2. The zero-order chi connectivity index (χ0) is 10.6. The van der Waals surface area contributed by atoms with E-state index in [4.69, 9.17) is 17.3 Å². The quantitative estimate of drug-likeness (QED) is 0.640. The Hall–Kier alpha value is -0.740. The summed E-state index contributed by atoms with van der Waals surface area (Å²) in [6.45, 7) is 3.43. The molecule has 2 N–H and O–H groups in total. The third-order valence-electron chi connectivity index (χ3n) is 1.73. The summed E-state index contributed by atoms with van der Waals surface area (Å²) in [5.41, 5.74) is 5.73. The first kappa shape index (κ1) is 11.3. The van der Waals surface area contributed by atoms with Crippen LogP contribution in [0.5, 0.6) is 0 Å². The number of hydrogen-bond donors (Lipinski definition) is 1. The first-order valence-corrected chi connectivity index (χ1v) is 5.58. The van der Waals surface area contributed by atoms with E-state index < -0.39 is 0 Å². The zero-order valence-corrected chi connectivity index (χ0v) is 9.90. The van der Waals surface area contributed by atoms with Gasteiger partial charge in [0.15, 0.2) is 5.96 Å². The molecule has 0 radical (unpaired) electrons.